The Labute approximate surface area is 58.7 Å². The van der Waals surface area contributed by atoms with Gasteiger partial charge in [-0.15, -0.1) is 0 Å². The van der Waals surface area contributed by atoms with Crippen molar-refractivity contribution in [2.24, 2.45) is 0 Å². The van der Waals surface area contributed by atoms with Crippen molar-refractivity contribution < 1.29 is 20.0 Å². The van der Waals surface area contributed by atoms with Crippen molar-refractivity contribution in [3.8, 4) is 0 Å². The minimum atomic E-state index is -1.00. The molecule has 4 nitrogen and oxygen atoms in total. The maximum atomic E-state index is 10.0. The molecule has 2 N–H and O–H groups in total. The average Bonchev–Trinajstić information content (AvgIpc) is 1.86. The summed E-state index contributed by atoms with van der Waals surface area (Å²) in [7, 11) is 0. The van der Waals surface area contributed by atoms with Crippen molar-refractivity contribution in [1.29, 1.82) is 0 Å². The van der Waals surface area contributed by atoms with E-state index in [0.717, 1.165) is 0 Å². The van der Waals surface area contributed by atoms with Gasteiger partial charge in [-0.2, -0.15) is 0 Å². The lowest BCUT2D eigenvalue weighted by Crippen LogP contribution is -2.12. The highest BCUT2D eigenvalue weighted by molar-refractivity contribution is 5.67. The molecule has 58 valence electrons. The number of carboxylic acid groups (broad SMARTS) is 1. The zero-order chi connectivity index (χ0) is 7.98. The zero-order valence-corrected chi connectivity index (χ0v) is 5.65. The van der Waals surface area contributed by atoms with E-state index in [-0.39, 0.29) is 6.42 Å². The fourth-order valence-corrected chi connectivity index (χ4v) is 0.527. The molecule has 0 aromatic heterocycles. The van der Waals surface area contributed by atoms with E-state index in [2.05, 4.69) is 4.89 Å². The Morgan fingerprint density at radius 3 is 2.70 bits per heavy atom. The van der Waals surface area contributed by atoms with E-state index < -0.39 is 12.1 Å². The van der Waals surface area contributed by atoms with E-state index in [0.29, 0.717) is 0 Å². The van der Waals surface area contributed by atoms with Crippen LogP contribution in [0.25, 0.3) is 0 Å². The summed E-state index contributed by atoms with van der Waals surface area (Å²) in [5.74, 6) is -1.00. The molecule has 0 aromatic rings. The highest BCUT2D eigenvalue weighted by Gasteiger charge is 2.08. The Morgan fingerprint density at radius 1 is 1.80 bits per heavy atom. The van der Waals surface area contributed by atoms with Gasteiger partial charge >= 0.3 is 5.97 Å². The van der Waals surface area contributed by atoms with Crippen molar-refractivity contribution >= 4 is 5.97 Å². The molecule has 0 aliphatic rings. The van der Waals surface area contributed by atoms with Gasteiger partial charge in [0.15, 0.2) is 0 Å². The van der Waals surface area contributed by atoms with Gasteiger partial charge in [0.2, 0.25) is 0 Å². The monoisotopic (exact) mass is 146 g/mol. The average molecular weight is 146 g/mol. The quantitative estimate of drug-likeness (QED) is 0.351. The first-order valence-corrected chi connectivity index (χ1v) is 2.85. The van der Waals surface area contributed by atoms with E-state index >= 15 is 0 Å². The minimum absolute atomic E-state index is 0.221. The molecule has 10 heavy (non-hydrogen) atoms. The molecule has 0 aromatic carbocycles. The molecule has 0 saturated heterocycles. The van der Waals surface area contributed by atoms with Gasteiger partial charge in [-0.05, 0) is 6.92 Å². The van der Waals surface area contributed by atoms with Crippen molar-refractivity contribution in [1.82, 2.24) is 0 Å². The van der Waals surface area contributed by atoms with Crippen LogP contribution in [0.5, 0.6) is 0 Å². The number of rotatable bonds is 4. The number of hydrogen-bond acceptors (Lipinski definition) is 3. The molecule has 0 heterocycles. The van der Waals surface area contributed by atoms with Gasteiger partial charge < -0.3 is 5.11 Å². The summed E-state index contributed by atoms with van der Waals surface area (Å²) in [6, 6.07) is 0. The third kappa shape index (κ3) is 4.05. The van der Waals surface area contributed by atoms with Gasteiger partial charge in [0.25, 0.3) is 0 Å². The van der Waals surface area contributed by atoms with Crippen LogP contribution in [0.3, 0.4) is 0 Å². The lowest BCUT2D eigenvalue weighted by Gasteiger charge is -2.03. The highest BCUT2D eigenvalue weighted by Crippen LogP contribution is 1.97. The summed E-state index contributed by atoms with van der Waals surface area (Å²) in [6.07, 6.45) is 2.13. The molecule has 4 heteroatoms. The van der Waals surface area contributed by atoms with Crippen LogP contribution in [0.1, 0.15) is 13.3 Å². The van der Waals surface area contributed by atoms with Gasteiger partial charge in [-0.25, -0.2) is 4.89 Å². The molecule has 0 saturated carbocycles. The normalized spacial score (nSPS) is 13.8. The number of allylic oxidation sites excluding steroid dienone is 1. The zero-order valence-electron chi connectivity index (χ0n) is 5.65. The maximum absolute atomic E-state index is 10.0. The topological polar surface area (TPSA) is 66.8 Å². The van der Waals surface area contributed by atoms with E-state index in [1.165, 1.54) is 6.08 Å². The van der Waals surface area contributed by atoms with E-state index in [1.807, 2.05) is 0 Å². The summed E-state index contributed by atoms with van der Waals surface area (Å²) < 4.78 is 0. The molecule has 0 radical (unpaired) electrons. The number of hydrogen-bond donors (Lipinski definition) is 2. The highest BCUT2D eigenvalue weighted by atomic mass is 17.1. The van der Waals surface area contributed by atoms with E-state index in [1.54, 1.807) is 13.0 Å². The molecule has 0 fully saturated rings. The van der Waals surface area contributed by atoms with Crippen LogP contribution in [0.2, 0.25) is 0 Å². The smallest absolute Gasteiger partial charge is 0.306 e. The Morgan fingerprint density at radius 2 is 2.40 bits per heavy atom. The van der Waals surface area contributed by atoms with E-state index in [4.69, 9.17) is 10.4 Å². The van der Waals surface area contributed by atoms with Gasteiger partial charge in [-0.1, -0.05) is 12.2 Å². The SMILES string of the molecule is C/C=C/C(CC(=O)O)OO. The third-order valence-corrected chi connectivity index (χ3v) is 0.918. The Hall–Kier alpha value is -0.870. The maximum Gasteiger partial charge on any atom is 0.306 e. The third-order valence-electron chi connectivity index (χ3n) is 0.918. The Balaban J connectivity index is 3.71. The first-order chi connectivity index (χ1) is 4.70. The first kappa shape index (κ1) is 9.13. The second-order valence-corrected chi connectivity index (χ2v) is 1.77. The van der Waals surface area contributed by atoms with Crippen molar-refractivity contribution in [2.75, 3.05) is 0 Å². The molecule has 0 spiro atoms. The number of carbonyl (C=O) groups is 1. The minimum Gasteiger partial charge on any atom is -0.481 e. The second kappa shape index (κ2) is 4.96. The van der Waals surface area contributed by atoms with Gasteiger partial charge in [0, 0.05) is 0 Å². The predicted octanol–water partition coefficient (Wildman–Crippen LogP) is 0.895. The summed E-state index contributed by atoms with van der Waals surface area (Å²) in [5.41, 5.74) is 0. The standard InChI is InChI=1S/C6H10O4/c1-2-3-5(10-9)4-6(7)8/h2-3,5,9H,4H2,1H3,(H,7,8)/b3-2+. The van der Waals surface area contributed by atoms with Crippen LogP contribution in [0.4, 0.5) is 0 Å². The lowest BCUT2D eigenvalue weighted by atomic mass is 10.2. The largest absolute Gasteiger partial charge is 0.481 e. The molecule has 0 rings (SSSR count). The van der Waals surface area contributed by atoms with Crippen LogP contribution in [0, 0.1) is 0 Å². The first-order valence-electron chi connectivity index (χ1n) is 2.85. The van der Waals surface area contributed by atoms with Crippen molar-refractivity contribution in [3.05, 3.63) is 12.2 Å². The Bertz CT molecular complexity index is 130. The second-order valence-electron chi connectivity index (χ2n) is 1.77. The van der Waals surface area contributed by atoms with Crippen LogP contribution in [-0.4, -0.2) is 22.4 Å². The van der Waals surface area contributed by atoms with Crippen LogP contribution in [0.15, 0.2) is 12.2 Å². The fourth-order valence-electron chi connectivity index (χ4n) is 0.527. The van der Waals surface area contributed by atoms with Crippen LogP contribution < -0.4 is 0 Å². The molecule has 0 aliphatic heterocycles. The van der Waals surface area contributed by atoms with Gasteiger partial charge in [-0.3, -0.25) is 10.1 Å². The number of aliphatic carboxylic acids is 1. The van der Waals surface area contributed by atoms with Crippen LogP contribution in [-0.2, 0) is 9.68 Å². The molecule has 1 unspecified atom stereocenters. The summed E-state index contributed by atoms with van der Waals surface area (Å²) >= 11 is 0. The summed E-state index contributed by atoms with van der Waals surface area (Å²) in [4.78, 5) is 13.9. The molecular weight excluding hydrogens is 136 g/mol. The molecule has 1 atom stereocenters. The van der Waals surface area contributed by atoms with Gasteiger partial charge in [0.1, 0.15) is 6.10 Å². The molecular formula is C6H10O4. The molecule has 0 bridgehead atoms. The number of carboxylic acids is 1. The van der Waals surface area contributed by atoms with Crippen molar-refractivity contribution in [2.45, 2.75) is 19.4 Å². The predicted molar refractivity (Wildman–Crippen MR) is 34.6 cm³/mol. The molecule has 0 aliphatic carbocycles. The summed E-state index contributed by atoms with van der Waals surface area (Å²) in [6.45, 7) is 1.72. The van der Waals surface area contributed by atoms with Crippen molar-refractivity contribution in [3.63, 3.8) is 0 Å². The van der Waals surface area contributed by atoms with Crippen LogP contribution >= 0.6 is 0 Å². The fraction of sp³-hybridized carbons (Fsp3) is 0.500. The lowest BCUT2D eigenvalue weighted by molar-refractivity contribution is -0.266. The van der Waals surface area contributed by atoms with E-state index in [9.17, 15) is 4.79 Å². The summed E-state index contributed by atoms with van der Waals surface area (Å²) in [5, 5.41) is 16.3. The van der Waals surface area contributed by atoms with Gasteiger partial charge in [0.05, 0.1) is 6.42 Å². The Kier molecular flexibility index (Phi) is 4.53. The molecule has 0 amide bonds.